The van der Waals surface area contributed by atoms with Crippen LogP contribution in [0.4, 0.5) is 0 Å². The number of hydrogen-bond acceptors (Lipinski definition) is 11. The number of esters is 4. The molecule has 11 nitrogen and oxygen atoms in total. The van der Waals surface area contributed by atoms with Crippen LogP contribution in [-0.2, 0) is 33.2 Å². The van der Waals surface area contributed by atoms with Crippen molar-refractivity contribution < 1.29 is 52.3 Å². The molecule has 0 saturated heterocycles. The van der Waals surface area contributed by atoms with Gasteiger partial charge < -0.3 is 33.2 Å². The average molecular weight is 673 g/mol. The summed E-state index contributed by atoms with van der Waals surface area (Å²) in [7, 11) is 0. The van der Waals surface area contributed by atoms with E-state index in [2.05, 4.69) is 0 Å². The normalized spacial score (nSPS) is 10.2. The fourth-order valence-electron chi connectivity index (χ4n) is 3.83. The number of hydrogen-bond donors (Lipinski definition) is 0. The van der Waals surface area contributed by atoms with Crippen molar-refractivity contribution >= 4 is 23.9 Å². The summed E-state index contributed by atoms with van der Waals surface area (Å²) in [5.41, 5.74) is 2.04. The maximum atomic E-state index is 11.7. The second-order valence-corrected chi connectivity index (χ2v) is 9.84. The molecule has 0 N–H and O–H groups in total. The van der Waals surface area contributed by atoms with Crippen LogP contribution in [0.5, 0.6) is 0 Å². The van der Waals surface area contributed by atoms with Crippen LogP contribution >= 0.6 is 0 Å². The summed E-state index contributed by atoms with van der Waals surface area (Å²) in [5.74, 6) is -1.51. The second kappa shape index (κ2) is 23.9. The highest BCUT2D eigenvalue weighted by atomic mass is 16.6. The average Bonchev–Trinajstić information content (AvgIpc) is 3.16. The molecule has 258 valence electrons. The minimum atomic E-state index is -0.385. The van der Waals surface area contributed by atoms with Gasteiger partial charge in [-0.15, -0.1) is 0 Å². The Bertz CT molecular complexity index is 1380. The monoisotopic (exact) mass is 672 g/mol. The van der Waals surface area contributed by atoms with Crippen LogP contribution in [0.15, 0.2) is 121 Å². The van der Waals surface area contributed by atoms with Crippen LogP contribution in [0.3, 0.4) is 0 Å². The Balaban J connectivity index is 0.000000267. The summed E-state index contributed by atoms with van der Waals surface area (Å²) in [6.07, 6.45) is 0. The van der Waals surface area contributed by atoms with Crippen LogP contribution in [-0.4, -0.2) is 89.9 Å². The molecule has 0 aromatic heterocycles. The molecule has 49 heavy (non-hydrogen) atoms. The minimum Gasteiger partial charge on any atom is -0.460 e. The van der Waals surface area contributed by atoms with Gasteiger partial charge in [-0.25, -0.2) is 19.2 Å². The first kappa shape index (κ1) is 38.1. The summed E-state index contributed by atoms with van der Waals surface area (Å²) in [5, 5.41) is 0. The lowest BCUT2D eigenvalue weighted by atomic mass is 10.2. The van der Waals surface area contributed by atoms with Crippen molar-refractivity contribution in [3.05, 3.63) is 144 Å². The molecule has 0 unspecified atom stereocenters. The van der Waals surface area contributed by atoms with Gasteiger partial charge in [0.15, 0.2) is 0 Å². The third-order valence-corrected chi connectivity index (χ3v) is 6.25. The van der Waals surface area contributed by atoms with E-state index in [1.54, 1.807) is 97.1 Å². The Labute approximate surface area is 285 Å². The highest BCUT2D eigenvalue weighted by Crippen LogP contribution is 2.04. The Morgan fingerprint density at radius 1 is 0.286 bits per heavy atom. The molecule has 0 saturated carbocycles. The first-order chi connectivity index (χ1) is 24.0. The maximum Gasteiger partial charge on any atom is 0.338 e. The van der Waals surface area contributed by atoms with Gasteiger partial charge in [-0.3, -0.25) is 0 Å². The van der Waals surface area contributed by atoms with Gasteiger partial charge in [-0.1, -0.05) is 72.8 Å². The van der Waals surface area contributed by atoms with Crippen LogP contribution < -0.4 is 0 Å². The fourth-order valence-corrected chi connectivity index (χ4v) is 3.83. The van der Waals surface area contributed by atoms with Crippen molar-refractivity contribution in [3.63, 3.8) is 0 Å². The highest BCUT2D eigenvalue weighted by Gasteiger charge is 2.08. The maximum absolute atomic E-state index is 11.7. The number of benzene rings is 4. The third-order valence-electron chi connectivity index (χ3n) is 6.25. The Kier molecular flexibility index (Phi) is 18.6. The molecule has 4 rings (SSSR count). The fraction of sp³-hybridized carbons (Fsp3) is 0.263. The topological polar surface area (TPSA) is 133 Å². The quantitative estimate of drug-likeness (QED) is 0.0715. The SMILES string of the molecule is O=C(OCCOCCOC(=O)c1ccccc1)c1ccccc1.O=C(OCCOCCOCCOC(=O)c1ccccc1)c1ccccc1. The van der Waals surface area contributed by atoms with E-state index >= 15 is 0 Å². The van der Waals surface area contributed by atoms with E-state index < -0.39 is 0 Å². The van der Waals surface area contributed by atoms with Gasteiger partial charge in [-0.05, 0) is 48.5 Å². The van der Waals surface area contributed by atoms with Gasteiger partial charge in [0.05, 0.1) is 61.9 Å². The number of ether oxygens (including phenoxy) is 7. The summed E-state index contributed by atoms with van der Waals surface area (Å²) in [6.45, 7) is 2.51. The summed E-state index contributed by atoms with van der Waals surface area (Å²) in [4.78, 5) is 46.6. The molecule has 11 heteroatoms. The lowest BCUT2D eigenvalue weighted by molar-refractivity contribution is 0.00229. The minimum absolute atomic E-state index is 0.153. The zero-order valence-corrected chi connectivity index (χ0v) is 27.1. The van der Waals surface area contributed by atoms with E-state index in [0.717, 1.165) is 0 Å². The van der Waals surface area contributed by atoms with E-state index in [1.807, 2.05) is 24.3 Å². The van der Waals surface area contributed by atoms with Crippen LogP contribution in [0.2, 0.25) is 0 Å². The molecule has 0 spiro atoms. The molecular formula is C38H40O11. The first-order valence-electron chi connectivity index (χ1n) is 15.7. The molecule has 0 aliphatic rings. The molecule has 4 aromatic rings. The molecule has 0 radical (unpaired) electrons. The van der Waals surface area contributed by atoms with E-state index in [0.29, 0.717) is 48.7 Å². The highest BCUT2D eigenvalue weighted by molar-refractivity contribution is 5.90. The summed E-state index contributed by atoms with van der Waals surface area (Å²) < 4.78 is 36.1. The predicted molar refractivity (Wildman–Crippen MR) is 179 cm³/mol. The van der Waals surface area contributed by atoms with Crippen molar-refractivity contribution in [1.82, 2.24) is 0 Å². The Hall–Kier alpha value is -5.36. The molecule has 0 fully saturated rings. The van der Waals surface area contributed by atoms with Gasteiger partial charge in [0, 0.05) is 0 Å². The van der Waals surface area contributed by atoms with Gasteiger partial charge in [0.2, 0.25) is 0 Å². The van der Waals surface area contributed by atoms with E-state index in [9.17, 15) is 19.2 Å². The van der Waals surface area contributed by atoms with Crippen molar-refractivity contribution in [2.24, 2.45) is 0 Å². The van der Waals surface area contributed by atoms with Gasteiger partial charge in [0.25, 0.3) is 0 Å². The molecule has 0 bridgehead atoms. The van der Waals surface area contributed by atoms with Crippen molar-refractivity contribution in [1.29, 1.82) is 0 Å². The van der Waals surface area contributed by atoms with E-state index in [4.69, 9.17) is 33.2 Å². The second-order valence-electron chi connectivity index (χ2n) is 9.84. The van der Waals surface area contributed by atoms with Crippen LogP contribution in [0.1, 0.15) is 41.4 Å². The molecule has 0 aliphatic heterocycles. The van der Waals surface area contributed by atoms with E-state index in [-0.39, 0.29) is 63.5 Å². The molecule has 0 aliphatic carbocycles. The largest absolute Gasteiger partial charge is 0.460 e. The van der Waals surface area contributed by atoms with Crippen molar-refractivity contribution in [3.8, 4) is 0 Å². The lowest BCUT2D eigenvalue weighted by Crippen LogP contribution is -2.15. The van der Waals surface area contributed by atoms with Gasteiger partial charge >= 0.3 is 23.9 Å². The van der Waals surface area contributed by atoms with E-state index in [1.165, 1.54) is 0 Å². The van der Waals surface area contributed by atoms with Crippen molar-refractivity contribution in [2.45, 2.75) is 0 Å². The molecular weight excluding hydrogens is 632 g/mol. The van der Waals surface area contributed by atoms with Crippen LogP contribution in [0.25, 0.3) is 0 Å². The number of carbonyl (C=O) groups excluding carboxylic acids is 4. The smallest absolute Gasteiger partial charge is 0.338 e. The Morgan fingerprint density at radius 3 is 0.673 bits per heavy atom. The first-order valence-corrected chi connectivity index (χ1v) is 15.7. The number of rotatable bonds is 19. The number of carbonyl (C=O) groups is 4. The Morgan fingerprint density at radius 2 is 0.469 bits per heavy atom. The summed E-state index contributed by atoms with van der Waals surface area (Å²) in [6, 6.07) is 35.1. The zero-order chi connectivity index (χ0) is 34.8. The predicted octanol–water partition coefficient (Wildman–Crippen LogP) is 5.45. The molecule has 0 heterocycles. The zero-order valence-electron chi connectivity index (χ0n) is 27.1. The summed E-state index contributed by atoms with van der Waals surface area (Å²) >= 11 is 0. The molecule has 0 amide bonds. The third kappa shape index (κ3) is 16.3. The van der Waals surface area contributed by atoms with Crippen LogP contribution in [0, 0.1) is 0 Å². The standard InChI is InChI=1S/C20H22O6.C18H18O5/c21-19(17-7-3-1-4-8-17)25-15-13-23-11-12-24-14-16-26-20(22)18-9-5-2-6-10-18;19-17(15-7-3-1-4-8-15)22-13-11-21-12-14-23-18(20)16-9-5-2-6-10-16/h1-10H,11-16H2;1-10H,11-14H2. The lowest BCUT2D eigenvalue weighted by Gasteiger charge is -2.08. The molecule has 0 atom stereocenters. The van der Waals surface area contributed by atoms with Crippen molar-refractivity contribution in [2.75, 3.05) is 66.1 Å². The van der Waals surface area contributed by atoms with Gasteiger partial charge in [-0.2, -0.15) is 0 Å². The molecule has 4 aromatic carbocycles. The van der Waals surface area contributed by atoms with Gasteiger partial charge in [0.1, 0.15) is 26.4 Å².